The number of carbonyl (C=O) groups excluding carboxylic acids is 1. The summed E-state index contributed by atoms with van der Waals surface area (Å²) in [5, 5.41) is 9.37. The van der Waals surface area contributed by atoms with Crippen molar-refractivity contribution in [3.05, 3.63) is 65.2 Å². The van der Waals surface area contributed by atoms with Gasteiger partial charge in [0.25, 0.3) is 0 Å². The van der Waals surface area contributed by atoms with Gasteiger partial charge < -0.3 is 4.90 Å². The Kier molecular flexibility index (Phi) is 3.70. The average Bonchev–Trinajstić information content (AvgIpc) is 3.08. The first-order valence-electron chi connectivity index (χ1n) is 7.18. The smallest absolute Gasteiger partial charge is 0.193 e. The van der Waals surface area contributed by atoms with Crippen molar-refractivity contribution in [3.63, 3.8) is 0 Å². The number of rotatable bonds is 3. The van der Waals surface area contributed by atoms with E-state index in [9.17, 15) is 10.1 Å². The molecule has 0 atom stereocenters. The van der Waals surface area contributed by atoms with E-state index in [2.05, 4.69) is 11.0 Å². The van der Waals surface area contributed by atoms with Crippen molar-refractivity contribution in [2.45, 2.75) is 12.8 Å². The van der Waals surface area contributed by atoms with Gasteiger partial charge in [-0.2, -0.15) is 5.26 Å². The third kappa shape index (κ3) is 2.66. The van der Waals surface area contributed by atoms with Gasteiger partial charge in [-0.15, -0.1) is 0 Å². The van der Waals surface area contributed by atoms with Gasteiger partial charge in [-0.3, -0.25) is 4.79 Å². The summed E-state index contributed by atoms with van der Waals surface area (Å²) in [6.07, 6.45) is 2.32. The maximum Gasteiger partial charge on any atom is 0.193 e. The lowest BCUT2D eigenvalue weighted by Crippen LogP contribution is -2.19. The molecule has 0 aliphatic carbocycles. The third-order valence-electron chi connectivity index (χ3n) is 3.86. The standard InChI is InChI=1S/C18H16N2O/c19-13-16-12-15(18(21)14-6-2-1-3-7-14)8-9-17(16)20-10-4-5-11-20/h1-3,6-9,12H,4-5,10-11H2. The van der Waals surface area contributed by atoms with Crippen LogP contribution in [-0.2, 0) is 0 Å². The van der Waals surface area contributed by atoms with Crippen LogP contribution in [0.4, 0.5) is 5.69 Å². The van der Waals surface area contributed by atoms with Gasteiger partial charge in [-0.25, -0.2) is 0 Å². The van der Waals surface area contributed by atoms with Crippen LogP contribution in [0, 0.1) is 11.3 Å². The quantitative estimate of drug-likeness (QED) is 0.807. The van der Waals surface area contributed by atoms with Crippen molar-refractivity contribution in [1.29, 1.82) is 5.26 Å². The number of hydrogen-bond donors (Lipinski definition) is 0. The molecule has 21 heavy (non-hydrogen) atoms. The lowest BCUT2D eigenvalue weighted by atomic mass is 10.0. The van der Waals surface area contributed by atoms with E-state index >= 15 is 0 Å². The molecular weight excluding hydrogens is 260 g/mol. The zero-order chi connectivity index (χ0) is 14.7. The molecule has 1 fully saturated rings. The van der Waals surface area contributed by atoms with Gasteiger partial charge in [0, 0.05) is 24.2 Å². The summed E-state index contributed by atoms with van der Waals surface area (Å²) in [7, 11) is 0. The Hall–Kier alpha value is -2.60. The molecule has 0 saturated carbocycles. The fourth-order valence-corrected chi connectivity index (χ4v) is 2.76. The highest BCUT2D eigenvalue weighted by atomic mass is 16.1. The number of nitrogens with zero attached hydrogens (tertiary/aromatic N) is 2. The Morgan fingerprint density at radius 3 is 2.38 bits per heavy atom. The van der Waals surface area contributed by atoms with E-state index in [1.165, 1.54) is 0 Å². The van der Waals surface area contributed by atoms with E-state index in [0.717, 1.165) is 31.6 Å². The van der Waals surface area contributed by atoms with Gasteiger partial charge >= 0.3 is 0 Å². The minimum atomic E-state index is -0.0416. The molecule has 1 aliphatic heterocycles. The number of nitriles is 1. The predicted molar refractivity (Wildman–Crippen MR) is 82.5 cm³/mol. The number of benzene rings is 2. The Balaban J connectivity index is 1.95. The molecule has 0 unspecified atom stereocenters. The van der Waals surface area contributed by atoms with Crippen molar-refractivity contribution in [2.24, 2.45) is 0 Å². The van der Waals surface area contributed by atoms with Crippen LogP contribution in [0.2, 0.25) is 0 Å². The van der Waals surface area contributed by atoms with E-state index in [0.29, 0.717) is 16.7 Å². The van der Waals surface area contributed by atoms with Crippen molar-refractivity contribution in [3.8, 4) is 6.07 Å². The lowest BCUT2D eigenvalue weighted by Gasteiger charge is -2.19. The van der Waals surface area contributed by atoms with Crippen LogP contribution in [0.15, 0.2) is 48.5 Å². The van der Waals surface area contributed by atoms with Crippen LogP contribution >= 0.6 is 0 Å². The minimum absolute atomic E-state index is 0.0416. The molecule has 1 aliphatic rings. The van der Waals surface area contributed by atoms with E-state index in [1.54, 1.807) is 18.2 Å². The first-order valence-corrected chi connectivity index (χ1v) is 7.18. The molecule has 2 aromatic carbocycles. The summed E-state index contributed by atoms with van der Waals surface area (Å²) in [4.78, 5) is 14.6. The molecule has 2 aromatic rings. The van der Waals surface area contributed by atoms with Gasteiger partial charge in [0.15, 0.2) is 5.78 Å². The zero-order valence-electron chi connectivity index (χ0n) is 11.7. The third-order valence-corrected chi connectivity index (χ3v) is 3.86. The van der Waals surface area contributed by atoms with Crippen LogP contribution in [0.3, 0.4) is 0 Å². The molecule has 1 heterocycles. The fraction of sp³-hybridized carbons (Fsp3) is 0.222. The number of hydrogen-bond acceptors (Lipinski definition) is 3. The molecule has 0 aromatic heterocycles. The Morgan fingerprint density at radius 2 is 1.71 bits per heavy atom. The lowest BCUT2D eigenvalue weighted by molar-refractivity contribution is 0.103. The van der Waals surface area contributed by atoms with Crippen LogP contribution in [0.5, 0.6) is 0 Å². The highest BCUT2D eigenvalue weighted by Crippen LogP contribution is 2.26. The highest BCUT2D eigenvalue weighted by Gasteiger charge is 2.17. The molecule has 3 rings (SSSR count). The predicted octanol–water partition coefficient (Wildman–Crippen LogP) is 3.39. The zero-order valence-corrected chi connectivity index (χ0v) is 11.7. The Bertz CT molecular complexity index is 695. The number of carbonyl (C=O) groups is 1. The summed E-state index contributed by atoms with van der Waals surface area (Å²) in [5.41, 5.74) is 2.74. The van der Waals surface area contributed by atoms with Gasteiger partial charge in [-0.1, -0.05) is 30.3 Å². The van der Waals surface area contributed by atoms with Crippen LogP contribution in [0.25, 0.3) is 0 Å². The fourth-order valence-electron chi connectivity index (χ4n) is 2.76. The molecule has 1 saturated heterocycles. The van der Waals surface area contributed by atoms with E-state index in [4.69, 9.17) is 0 Å². The highest BCUT2D eigenvalue weighted by molar-refractivity contribution is 6.09. The molecule has 0 radical (unpaired) electrons. The largest absolute Gasteiger partial charge is 0.370 e. The molecule has 0 N–H and O–H groups in total. The van der Waals surface area contributed by atoms with Crippen LogP contribution in [-0.4, -0.2) is 18.9 Å². The molecular formula is C18H16N2O. The number of anilines is 1. The maximum absolute atomic E-state index is 12.4. The summed E-state index contributed by atoms with van der Waals surface area (Å²) in [5.74, 6) is -0.0416. The first kappa shape index (κ1) is 13.4. The summed E-state index contributed by atoms with van der Waals surface area (Å²) in [6, 6.07) is 16.8. The second-order valence-electron chi connectivity index (χ2n) is 5.23. The van der Waals surface area contributed by atoms with E-state index < -0.39 is 0 Å². The van der Waals surface area contributed by atoms with Gasteiger partial charge in [-0.05, 0) is 31.0 Å². The van der Waals surface area contributed by atoms with Crippen molar-refractivity contribution in [1.82, 2.24) is 0 Å². The Morgan fingerprint density at radius 1 is 1.00 bits per heavy atom. The molecule has 0 spiro atoms. The van der Waals surface area contributed by atoms with Crippen molar-refractivity contribution in [2.75, 3.05) is 18.0 Å². The molecule has 104 valence electrons. The molecule has 0 bridgehead atoms. The van der Waals surface area contributed by atoms with Gasteiger partial charge in [0.2, 0.25) is 0 Å². The monoisotopic (exact) mass is 276 g/mol. The molecule has 3 heteroatoms. The van der Waals surface area contributed by atoms with E-state index in [1.807, 2.05) is 30.3 Å². The number of ketones is 1. The molecule has 0 amide bonds. The van der Waals surface area contributed by atoms with Crippen molar-refractivity contribution < 1.29 is 4.79 Å². The summed E-state index contributed by atoms with van der Waals surface area (Å²) < 4.78 is 0. The first-order chi connectivity index (χ1) is 10.3. The second-order valence-corrected chi connectivity index (χ2v) is 5.23. The topological polar surface area (TPSA) is 44.1 Å². The van der Waals surface area contributed by atoms with Crippen LogP contribution in [0.1, 0.15) is 34.3 Å². The normalized spacial score (nSPS) is 14.0. The average molecular weight is 276 g/mol. The van der Waals surface area contributed by atoms with Gasteiger partial charge in [0.05, 0.1) is 11.3 Å². The van der Waals surface area contributed by atoms with E-state index in [-0.39, 0.29) is 5.78 Å². The van der Waals surface area contributed by atoms with Gasteiger partial charge in [0.1, 0.15) is 6.07 Å². The summed E-state index contributed by atoms with van der Waals surface area (Å²) >= 11 is 0. The van der Waals surface area contributed by atoms with Crippen molar-refractivity contribution >= 4 is 11.5 Å². The minimum Gasteiger partial charge on any atom is -0.370 e. The Labute approximate surface area is 124 Å². The maximum atomic E-state index is 12.4. The second kappa shape index (κ2) is 5.80. The van der Waals surface area contributed by atoms with Crippen LogP contribution < -0.4 is 4.90 Å². The SMILES string of the molecule is N#Cc1cc(C(=O)c2ccccc2)ccc1N1CCCC1. The molecule has 3 nitrogen and oxygen atoms in total. The summed E-state index contributed by atoms with van der Waals surface area (Å²) in [6.45, 7) is 1.97.